The summed E-state index contributed by atoms with van der Waals surface area (Å²) in [5.41, 5.74) is 1.26. The summed E-state index contributed by atoms with van der Waals surface area (Å²) in [5.74, 6) is 0.827. The molecule has 0 radical (unpaired) electrons. The zero-order valence-corrected chi connectivity index (χ0v) is 12.3. The second-order valence-corrected chi connectivity index (χ2v) is 5.83. The van der Waals surface area contributed by atoms with E-state index in [-0.39, 0.29) is 0 Å². The SMILES string of the molecule is CCCC[C@@H](C)C[C@H]1CCN1OCc1ccccc1. The van der Waals surface area contributed by atoms with Gasteiger partial charge in [-0.1, -0.05) is 63.4 Å². The van der Waals surface area contributed by atoms with Crippen LogP contribution in [0, 0.1) is 5.92 Å². The first-order chi connectivity index (χ1) is 9.29. The van der Waals surface area contributed by atoms with Crippen molar-refractivity contribution < 1.29 is 4.84 Å². The van der Waals surface area contributed by atoms with Crippen LogP contribution >= 0.6 is 0 Å². The molecule has 1 fully saturated rings. The predicted molar refractivity (Wildman–Crippen MR) is 79.6 cm³/mol. The summed E-state index contributed by atoms with van der Waals surface area (Å²) < 4.78 is 0. The number of unbranched alkanes of at least 4 members (excludes halogenated alkanes) is 1. The molecule has 1 aromatic carbocycles. The Morgan fingerprint density at radius 3 is 2.74 bits per heavy atom. The van der Waals surface area contributed by atoms with Gasteiger partial charge in [-0.25, -0.2) is 0 Å². The van der Waals surface area contributed by atoms with Crippen molar-refractivity contribution in [2.75, 3.05) is 6.54 Å². The molecule has 0 amide bonds. The predicted octanol–water partition coefficient (Wildman–Crippen LogP) is 4.41. The molecule has 0 aliphatic carbocycles. The van der Waals surface area contributed by atoms with Crippen LogP contribution in [0.2, 0.25) is 0 Å². The number of nitrogens with zero attached hydrogens (tertiary/aromatic N) is 1. The smallest absolute Gasteiger partial charge is 0.0936 e. The number of benzene rings is 1. The molecule has 2 atom stereocenters. The maximum absolute atomic E-state index is 5.92. The van der Waals surface area contributed by atoms with Gasteiger partial charge in [0.15, 0.2) is 0 Å². The van der Waals surface area contributed by atoms with Gasteiger partial charge in [0.25, 0.3) is 0 Å². The standard InChI is InChI=1S/C17H27NO/c1-3-4-8-15(2)13-17-11-12-18(17)19-14-16-9-6-5-7-10-16/h5-7,9-10,15,17H,3-4,8,11-14H2,1-2H3/t15-,17-/m1/s1. The van der Waals surface area contributed by atoms with Gasteiger partial charge in [0.05, 0.1) is 6.61 Å². The van der Waals surface area contributed by atoms with Crippen molar-refractivity contribution in [3.8, 4) is 0 Å². The van der Waals surface area contributed by atoms with Crippen LogP contribution in [0.5, 0.6) is 0 Å². The summed E-state index contributed by atoms with van der Waals surface area (Å²) in [5, 5.41) is 2.19. The van der Waals surface area contributed by atoms with Crippen molar-refractivity contribution in [2.24, 2.45) is 5.92 Å². The van der Waals surface area contributed by atoms with Gasteiger partial charge < -0.3 is 0 Å². The van der Waals surface area contributed by atoms with Gasteiger partial charge in [0.1, 0.15) is 0 Å². The average molecular weight is 261 g/mol. The summed E-state index contributed by atoms with van der Waals surface area (Å²) in [4.78, 5) is 5.92. The van der Waals surface area contributed by atoms with Crippen LogP contribution < -0.4 is 0 Å². The Morgan fingerprint density at radius 1 is 1.32 bits per heavy atom. The molecule has 0 spiro atoms. The van der Waals surface area contributed by atoms with Crippen molar-refractivity contribution in [2.45, 2.75) is 58.6 Å². The second-order valence-electron chi connectivity index (χ2n) is 5.83. The minimum atomic E-state index is 0.649. The highest BCUT2D eigenvalue weighted by Gasteiger charge is 2.30. The first-order valence-corrected chi connectivity index (χ1v) is 7.73. The van der Waals surface area contributed by atoms with Gasteiger partial charge >= 0.3 is 0 Å². The Bertz CT molecular complexity index is 352. The molecular formula is C17H27NO. The van der Waals surface area contributed by atoms with Gasteiger partial charge in [-0.15, -0.1) is 0 Å². The Labute approximate surface area is 117 Å². The van der Waals surface area contributed by atoms with E-state index in [9.17, 15) is 0 Å². The zero-order chi connectivity index (χ0) is 13.5. The van der Waals surface area contributed by atoms with E-state index in [0.29, 0.717) is 12.6 Å². The van der Waals surface area contributed by atoms with Gasteiger partial charge in [-0.2, -0.15) is 5.06 Å². The van der Waals surface area contributed by atoms with Gasteiger partial charge in [0.2, 0.25) is 0 Å². The highest BCUT2D eigenvalue weighted by Crippen LogP contribution is 2.27. The van der Waals surface area contributed by atoms with Crippen molar-refractivity contribution in [3.63, 3.8) is 0 Å². The Hall–Kier alpha value is -0.860. The Kier molecular flexibility index (Phi) is 5.87. The fourth-order valence-electron chi connectivity index (χ4n) is 2.69. The molecule has 19 heavy (non-hydrogen) atoms. The highest BCUT2D eigenvalue weighted by atomic mass is 16.7. The quantitative estimate of drug-likeness (QED) is 0.687. The number of hydroxylamine groups is 2. The third kappa shape index (κ3) is 4.63. The summed E-state index contributed by atoms with van der Waals surface area (Å²) in [6.45, 7) is 6.45. The van der Waals surface area contributed by atoms with Crippen molar-refractivity contribution in [3.05, 3.63) is 35.9 Å². The van der Waals surface area contributed by atoms with Crippen LogP contribution in [0.15, 0.2) is 30.3 Å². The van der Waals surface area contributed by atoms with Gasteiger partial charge in [0, 0.05) is 12.6 Å². The second kappa shape index (κ2) is 7.66. The van der Waals surface area contributed by atoms with E-state index < -0.39 is 0 Å². The summed E-state index contributed by atoms with van der Waals surface area (Å²) in [7, 11) is 0. The van der Waals surface area contributed by atoms with Gasteiger partial charge in [-0.3, -0.25) is 4.84 Å². The normalized spacial score (nSPS) is 21.1. The van der Waals surface area contributed by atoms with E-state index in [1.165, 1.54) is 37.7 Å². The molecule has 1 aliphatic heterocycles. The van der Waals surface area contributed by atoms with E-state index in [2.05, 4.69) is 43.2 Å². The van der Waals surface area contributed by atoms with E-state index in [1.807, 2.05) is 6.07 Å². The van der Waals surface area contributed by atoms with E-state index in [0.717, 1.165) is 12.5 Å². The van der Waals surface area contributed by atoms with Crippen LogP contribution in [0.4, 0.5) is 0 Å². The highest BCUT2D eigenvalue weighted by molar-refractivity contribution is 5.13. The van der Waals surface area contributed by atoms with E-state index in [1.54, 1.807) is 0 Å². The number of hydrogen-bond acceptors (Lipinski definition) is 2. The molecule has 0 aromatic heterocycles. The molecular weight excluding hydrogens is 234 g/mol. The van der Waals surface area contributed by atoms with Crippen molar-refractivity contribution >= 4 is 0 Å². The van der Waals surface area contributed by atoms with Crippen LogP contribution in [0.25, 0.3) is 0 Å². The van der Waals surface area contributed by atoms with E-state index >= 15 is 0 Å². The number of hydrogen-bond donors (Lipinski definition) is 0. The third-order valence-corrected chi connectivity index (χ3v) is 4.05. The maximum atomic E-state index is 5.92. The molecule has 2 heteroatoms. The lowest BCUT2D eigenvalue weighted by atomic mass is 9.91. The minimum Gasteiger partial charge on any atom is -0.294 e. The summed E-state index contributed by atoms with van der Waals surface area (Å²) in [6.07, 6.45) is 6.61. The van der Waals surface area contributed by atoms with Crippen LogP contribution in [0.3, 0.4) is 0 Å². The monoisotopic (exact) mass is 261 g/mol. The first-order valence-electron chi connectivity index (χ1n) is 7.73. The molecule has 2 rings (SSSR count). The molecule has 0 saturated carbocycles. The van der Waals surface area contributed by atoms with Crippen LogP contribution in [-0.4, -0.2) is 17.6 Å². The fraction of sp³-hybridized carbons (Fsp3) is 0.647. The van der Waals surface area contributed by atoms with Crippen LogP contribution in [0.1, 0.15) is 51.5 Å². The van der Waals surface area contributed by atoms with Gasteiger partial charge in [-0.05, 0) is 24.3 Å². The zero-order valence-electron chi connectivity index (χ0n) is 12.3. The molecule has 1 aromatic rings. The Balaban J connectivity index is 1.67. The van der Waals surface area contributed by atoms with Crippen LogP contribution in [-0.2, 0) is 11.4 Å². The topological polar surface area (TPSA) is 12.5 Å². The Morgan fingerprint density at radius 2 is 2.11 bits per heavy atom. The third-order valence-electron chi connectivity index (χ3n) is 4.05. The van der Waals surface area contributed by atoms with E-state index in [4.69, 9.17) is 4.84 Å². The molecule has 2 nitrogen and oxygen atoms in total. The van der Waals surface area contributed by atoms with Crippen molar-refractivity contribution in [1.29, 1.82) is 0 Å². The number of rotatable bonds is 8. The molecule has 1 heterocycles. The molecule has 1 aliphatic rings. The molecule has 0 unspecified atom stereocenters. The summed E-state index contributed by atoms with van der Waals surface area (Å²) in [6, 6.07) is 11.1. The molecule has 1 saturated heterocycles. The lowest BCUT2D eigenvalue weighted by Crippen LogP contribution is -2.47. The first kappa shape index (κ1) is 14.5. The average Bonchev–Trinajstić information content (AvgIpc) is 2.42. The largest absolute Gasteiger partial charge is 0.294 e. The molecule has 0 N–H and O–H groups in total. The lowest BCUT2D eigenvalue weighted by Gasteiger charge is -2.41. The fourth-order valence-corrected chi connectivity index (χ4v) is 2.69. The maximum Gasteiger partial charge on any atom is 0.0936 e. The summed E-state index contributed by atoms with van der Waals surface area (Å²) >= 11 is 0. The molecule has 0 bridgehead atoms. The molecule has 106 valence electrons. The van der Waals surface area contributed by atoms with Crippen molar-refractivity contribution in [1.82, 2.24) is 5.06 Å². The minimum absolute atomic E-state index is 0.649. The lowest BCUT2D eigenvalue weighted by molar-refractivity contribution is -0.243.